The van der Waals surface area contributed by atoms with Gasteiger partial charge in [0.25, 0.3) is 5.91 Å². The maximum absolute atomic E-state index is 13.0. The van der Waals surface area contributed by atoms with Crippen LogP contribution in [0.1, 0.15) is 23.2 Å². The van der Waals surface area contributed by atoms with Crippen LogP contribution >= 0.6 is 11.6 Å². The average Bonchev–Trinajstić information content (AvgIpc) is 2.71. The number of halogens is 2. The van der Waals surface area contributed by atoms with Gasteiger partial charge < -0.3 is 10.1 Å². The zero-order chi connectivity index (χ0) is 12.7. The second kappa shape index (κ2) is 4.52. The van der Waals surface area contributed by atoms with Crippen molar-refractivity contribution in [3.8, 4) is 0 Å². The molecule has 3 nitrogen and oxygen atoms in total. The molecule has 1 N–H and O–H groups in total. The third-order valence-corrected chi connectivity index (χ3v) is 4.05. The smallest absolute Gasteiger partial charge is 0.251 e. The van der Waals surface area contributed by atoms with Crippen LogP contribution in [-0.4, -0.2) is 24.7 Å². The van der Waals surface area contributed by atoms with Gasteiger partial charge in [0, 0.05) is 24.1 Å². The molecular weight excluding hydrogens is 257 g/mol. The quantitative estimate of drug-likeness (QED) is 0.895. The number of fused-ring (bicyclic) bond motifs is 1. The van der Waals surface area contributed by atoms with E-state index in [1.54, 1.807) is 0 Å². The summed E-state index contributed by atoms with van der Waals surface area (Å²) in [6, 6.07) is 4.18. The molecule has 0 spiro atoms. The van der Waals surface area contributed by atoms with Gasteiger partial charge in [-0.1, -0.05) is 11.6 Å². The van der Waals surface area contributed by atoms with E-state index in [1.165, 1.54) is 18.2 Å². The van der Waals surface area contributed by atoms with E-state index < -0.39 is 5.82 Å². The molecule has 0 aromatic heterocycles. The number of rotatable bonds is 2. The molecule has 96 valence electrons. The van der Waals surface area contributed by atoms with Gasteiger partial charge in [-0.2, -0.15) is 0 Å². The molecule has 18 heavy (non-hydrogen) atoms. The number of hydrogen-bond donors (Lipinski definition) is 1. The van der Waals surface area contributed by atoms with E-state index in [4.69, 9.17) is 16.3 Å². The summed E-state index contributed by atoms with van der Waals surface area (Å²) < 4.78 is 18.5. The average molecular weight is 270 g/mol. The maximum atomic E-state index is 13.0. The van der Waals surface area contributed by atoms with Crippen LogP contribution in [0.3, 0.4) is 0 Å². The van der Waals surface area contributed by atoms with Gasteiger partial charge in [0.05, 0.1) is 11.1 Å². The molecule has 1 saturated heterocycles. The van der Waals surface area contributed by atoms with E-state index in [0.29, 0.717) is 17.6 Å². The number of amides is 1. The predicted molar refractivity (Wildman–Crippen MR) is 65.1 cm³/mol. The molecule has 1 saturated carbocycles. The number of carbonyl (C=O) groups is 1. The number of benzene rings is 1. The number of ether oxygens (including phenoxy) is 1. The Kier molecular flexibility index (Phi) is 2.99. The molecule has 1 amide bonds. The van der Waals surface area contributed by atoms with Gasteiger partial charge >= 0.3 is 0 Å². The highest BCUT2D eigenvalue weighted by Crippen LogP contribution is 2.38. The van der Waals surface area contributed by atoms with Crippen molar-refractivity contribution < 1.29 is 13.9 Å². The minimum absolute atomic E-state index is 0.0293. The lowest BCUT2D eigenvalue weighted by Crippen LogP contribution is -2.53. The first-order chi connectivity index (χ1) is 8.65. The molecule has 1 aromatic rings. The summed E-state index contributed by atoms with van der Waals surface area (Å²) in [5.74, 6) is -0.279. The van der Waals surface area contributed by atoms with Crippen LogP contribution in [0.2, 0.25) is 5.02 Å². The summed E-state index contributed by atoms with van der Waals surface area (Å²) in [7, 11) is 0. The normalized spacial score (nSPS) is 29.6. The molecule has 0 bridgehead atoms. The van der Waals surface area contributed by atoms with Crippen LogP contribution in [0.4, 0.5) is 4.39 Å². The SMILES string of the molecule is O=C(N[C@H]1C[C@@H]2OCC[C@H]12)c1ccc(F)c(Cl)c1. The Morgan fingerprint density at radius 2 is 2.33 bits per heavy atom. The van der Waals surface area contributed by atoms with Gasteiger partial charge in [0.2, 0.25) is 0 Å². The van der Waals surface area contributed by atoms with Crippen LogP contribution < -0.4 is 5.32 Å². The zero-order valence-corrected chi connectivity index (χ0v) is 10.4. The summed E-state index contributed by atoms with van der Waals surface area (Å²) in [6.07, 6.45) is 2.18. The molecule has 2 fully saturated rings. The summed E-state index contributed by atoms with van der Waals surface area (Å²) in [6.45, 7) is 0.782. The lowest BCUT2D eigenvalue weighted by molar-refractivity contribution is 0.00810. The third kappa shape index (κ3) is 1.99. The van der Waals surface area contributed by atoms with Crippen molar-refractivity contribution in [3.63, 3.8) is 0 Å². The van der Waals surface area contributed by atoms with E-state index in [2.05, 4.69) is 5.32 Å². The number of hydrogen-bond acceptors (Lipinski definition) is 2. The highest BCUT2D eigenvalue weighted by atomic mass is 35.5. The van der Waals surface area contributed by atoms with Gasteiger partial charge in [-0.25, -0.2) is 4.39 Å². The van der Waals surface area contributed by atoms with E-state index in [9.17, 15) is 9.18 Å². The molecule has 2 aliphatic rings. The van der Waals surface area contributed by atoms with E-state index in [1.807, 2.05) is 0 Å². The number of nitrogens with one attached hydrogen (secondary N) is 1. The molecule has 1 heterocycles. The Morgan fingerprint density at radius 1 is 1.50 bits per heavy atom. The Bertz CT molecular complexity index is 494. The predicted octanol–water partition coefficient (Wildman–Crippen LogP) is 2.39. The van der Waals surface area contributed by atoms with Crippen LogP contribution in [0.15, 0.2) is 18.2 Å². The Balaban J connectivity index is 1.66. The van der Waals surface area contributed by atoms with Crippen LogP contribution in [-0.2, 0) is 4.74 Å². The van der Waals surface area contributed by atoms with E-state index in [-0.39, 0.29) is 17.0 Å². The second-order valence-corrected chi connectivity index (χ2v) is 5.21. The van der Waals surface area contributed by atoms with Gasteiger partial charge in [-0.15, -0.1) is 0 Å². The maximum Gasteiger partial charge on any atom is 0.251 e. The topological polar surface area (TPSA) is 38.3 Å². The van der Waals surface area contributed by atoms with E-state index in [0.717, 1.165) is 19.4 Å². The van der Waals surface area contributed by atoms with Gasteiger partial charge in [-0.05, 0) is 31.0 Å². The van der Waals surface area contributed by atoms with Crippen LogP contribution in [0.25, 0.3) is 0 Å². The molecule has 3 atom stereocenters. The summed E-state index contributed by atoms with van der Waals surface area (Å²) in [5.41, 5.74) is 0.392. The van der Waals surface area contributed by atoms with Crippen molar-refractivity contribution >= 4 is 17.5 Å². The van der Waals surface area contributed by atoms with E-state index >= 15 is 0 Å². The first-order valence-corrected chi connectivity index (χ1v) is 6.40. The zero-order valence-electron chi connectivity index (χ0n) is 9.66. The van der Waals surface area contributed by atoms with Gasteiger partial charge in [-0.3, -0.25) is 4.79 Å². The molecular formula is C13H13ClFNO2. The second-order valence-electron chi connectivity index (χ2n) is 4.81. The molecule has 3 rings (SSSR count). The van der Waals surface area contributed by atoms with Crippen molar-refractivity contribution in [2.45, 2.75) is 25.0 Å². The largest absolute Gasteiger partial charge is 0.378 e. The van der Waals surface area contributed by atoms with Crippen LogP contribution in [0, 0.1) is 11.7 Å². The Hall–Kier alpha value is -1.13. The molecule has 1 aromatic carbocycles. The Labute approximate surface area is 109 Å². The molecule has 0 unspecified atom stereocenters. The van der Waals surface area contributed by atoms with Gasteiger partial charge in [0.15, 0.2) is 0 Å². The molecule has 1 aliphatic carbocycles. The first-order valence-electron chi connectivity index (χ1n) is 6.02. The molecule has 0 radical (unpaired) electrons. The minimum atomic E-state index is -0.513. The lowest BCUT2D eigenvalue weighted by Gasteiger charge is -2.39. The third-order valence-electron chi connectivity index (χ3n) is 3.76. The number of carbonyl (C=O) groups excluding carboxylic acids is 1. The summed E-state index contributed by atoms with van der Waals surface area (Å²) in [4.78, 5) is 12.0. The minimum Gasteiger partial charge on any atom is -0.378 e. The van der Waals surface area contributed by atoms with Crippen molar-refractivity contribution in [2.24, 2.45) is 5.92 Å². The van der Waals surface area contributed by atoms with Gasteiger partial charge in [0.1, 0.15) is 5.82 Å². The monoisotopic (exact) mass is 269 g/mol. The molecule has 1 aliphatic heterocycles. The standard InChI is InChI=1S/C13H13ClFNO2/c14-9-5-7(1-2-10(9)15)13(17)16-11-6-12-8(11)3-4-18-12/h1-2,5,8,11-12H,3-4,6H2,(H,16,17)/t8-,11+,12+/m1/s1. The van der Waals surface area contributed by atoms with Crippen molar-refractivity contribution in [3.05, 3.63) is 34.6 Å². The summed E-state index contributed by atoms with van der Waals surface area (Å²) >= 11 is 5.66. The Morgan fingerprint density at radius 3 is 3.06 bits per heavy atom. The van der Waals surface area contributed by atoms with Crippen LogP contribution in [0.5, 0.6) is 0 Å². The van der Waals surface area contributed by atoms with Crippen molar-refractivity contribution in [2.75, 3.05) is 6.61 Å². The highest BCUT2D eigenvalue weighted by molar-refractivity contribution is 6.31. The van der Waals surface area contributed by atoms with Crippen molar-refractivity contribution in [1.29, 1.82) is 0 Å². The summed E-state index contributed by atoms with van der Waals surface area (Å²) in [5, 5.41) is 2.92. The fraction of sp³-hybridized carbons (Fsp3) is 0.462. The highest BCUT2D eigenvalue weighted by Gasteiger charge is 2.45. The fourth-order valence-corrected chi connectivity index (χ4v) is 2.83. The first kappa shape index (κ1) is 11.9. The molecule has 5 heteroatoms. The fourth-order valence-electron chi connectivity index (χ4n) is 2.65. The van der Waals surface area contributed by atoms with Crippen molar-refractivity contribution in [1.82, 2.24) is 5.32 Å². The lowest BCUT2D eigenvalue weighted by atomic mass is 9.76.